The molecule has 2 aromatic rings. The molecule has 0 aromatic heterocycles. The van der Waals surface area contributed by atoms with Gasteiger partial charge < -0.3 is 18.9 Å². The SMILES string of the molecule is COc1cccc(OC)c1C(=O)OO[C]1CC[CH]CC1OOC(=O)c1c(OC)cccc1OC. The van der Waals surface area contributed by atoms with Crippen LogP contribution in [0, 0.1) is 12.5 Å². The van der Waals surface area contributed by atoms with Gasteiger partial charge in [-0.05, 0) is 49.9 Å². The van der Waals surface area contributed by atoms with E-state index in [2.05, 4.69) is 0 Å². The van der Waals surface area contributed by atoms with E-state index < -0.39 is 18.0 Å². The van der Waals surface area contributed by atoms with Crippen LogP contribution in [0.3, 0.4) is 0 Å². The first-order valence-electron chi connectivity index (χ1n) is 10.4. The van der Waals surface area contributed by atoms with Gasteiger partial charge in [0.1, 0.15) is 40.2 Å². The Balaban J connectivity index is 1.65. The van der Waals surface area contributed by atoms with E-state index >= 15 is 0 Å². The molecule has 0 bridgehead atoms. The number of methoxy groups -OCH3 is 4. The number of benzene rings is 2. The molecule has 2 aromatic carbocycles. The smallest absolute Gasteiger partial charge is 0.380 e. The molecule has 0 heterocycles. The van der Waals surface area contributed by atoms with Gasteiger partial charge in [0.25, 0.3) is 0 Å². The Morgan fingerprint density at radius 1 is 0.735 bits per heavy atom. The van der Waals surface area contributed by atoms with Crippen molar-refractivity contribution in [2.75, 3.05) is 28.4 Å². The molecule has 1 saturated carbocycles. The number of hydrogen-bond donors (Lipinski definition) is 0. The van der Waals surface area contributed by atoms with E-state index in [1.54, 1.807) is 36.4 Å². The van der Waals surface area contributed by atoms with Crippen LogP contribution >= 0.6 is 0 Å². The number of ether oxygens (including phenoxy) is 4. The molecular weight excluding hydrogens is 448 g/mol. The maximum Gasteiger partial charge on any atom is 0.380 e. The average Bonchev–Trinajstić information content (AvgIpc) is 2.89. The summed E-state index contributed by atoms with van der Waals surface area (Å²) in [4.78, 5) is 46.1. The third-order valence-corrected chi connectivity index (χ3v) is 5.06. The molecule has 0 aliphatic heterocycles. The molecule has 34 heavy (non-hydrogen) atoms. The minimum Gasteiger partial charge on any atom is -0.496 e. The van der Waals surface area contributed by atoms with Crippen molar-refractivity contribution >= 4 is 11.9 Å². The highest BCUT2D eigenvalue weighted by Crippen LogP contribution is 2.34. The van der Waals surface area contributed by atoms with Gasteiger partial charge in [0.2, 0.25) is 0 Å². The van der Waals surface area contributed by atoms with E-state index in [4.69, 9.17) is 38.5 Å². The fraction of sp³-hybridized carbons (Fsp3) is 0.333. The fourth-order valence-corrected chi connectivity index (χ4v) is 3.38. The summed E-state index contributed by atoms with van der Waals surface area (Å²) < 4.78 is 20.9. The van der Waals surface area contributed by atoms with Crippen LogP contribution in [0.5, 0.6) is 23.0 Å². The highest BCUT2D eigenvalue weighted by Gasteiger charge is 2.34. The maximum atomic E-state index is 12.7. The molecule has 0 N–H and O–H groups in total. The molecule has 1 aliphatic rings. The molecule has 1 aliphatic carbocycles. The molecule has 0 amide bonds. The minimum atomic E-state index is -0.814. The van der Waals surface area contributed by atoms with E-state index in [0.717, 1.165) is 0 Å². The van der Waals surface area contributed by atoms with Gasteiger partial charge in [-0.1, -0.05) is 12.1 Å². The molecule has 3 rings (SSSR count). The number of carbonyl (C=O) groups excluding carboxylic acids is 2. The Hall–Kier alpha value is -3.50. The first kappa shape index (κ1) is 25.1. The number of rotatable bonds is 10. The zero-order valence-corrected chi connectivity index (χ0v) is 19.3. The third-order valence-electron chi connectivity index (χ3n) is 5.06. The quantitative estimate of drug-likeness (QED) is 0.372. The van der Waals surface area contributed by atoms with Crippen LogP contribution < -0.4 is 18.9 Å². The second-order valence-electron chi connectivity index (χ2n) is 7.01. The van der Waals surface area contributed by atoms with Crippen LogP contribution in [0.4, 0.5) is 0 Å². The Kier molecular flexibility index (Phi) is 8.94. The highest BCUT2D eigenvalue weighted by molar-refractivity contribution is 5.96. The highest BCUT2D eigenvalue weighted by atomic mass is 17.2. The Morgan fingerprint density at radius 3 is 1.68 bits per heavy atom. The van der Waals surface area contributed by atoms with Crippen molar-refractivity contribution in [2.45, 2.75) is 25.4 Å². The van der Waals surface area contributed by atoms with Crippen LogP contribution in [0.1, 0.15) is 40.0 Å². The standard InChI is InChI=1S/C24H26O10/c1-27-17-11-7-12-18(28-2)21(17)23(25)33-31-15-9-5-6-10-16(15)32-34-24(26)22-19(29-3)13-8-14-20(22)30-4/h5,7-8,11-15H,6,9-10H2,1-4H3. The van der Waals surface area contributed by atoms with Crippen molar-refractivity contribution in [2.24, 2.45) is 0 Å². The average molecular weight is 474 g/mol. The van der Waals surface area contributed by atoms with E-state index in [1.165, 1.54) is 28.4 Å². The maximum absolute atomic E-state index is 12.7. The van der Waals surface area contributed by atoms with Gasteiger partial charge in [-0.2, -0.15) is 9.78 Å². The first-order valence-corrected chi connectivity index (χ1v) is 10.4. The summed E-state index contributed by atoms with van der Waals surface area (Å²) in [6.07, 6.45) is 2.88. The minimum absolute atomic E-state index is 0.0719. The van der Waals surface area contributed by atoms with E-state index in [9.17, 15) is 9.59 Å². The summed E-state index contributed by atoms with van der Waals surface area (Å²) in [6, 6.07) is 9.74. The lowest BCUT2D eigenvalue weighted by Gasteiger charge is -2.27. The summed E-state index contributed by atoms with van der Waals surface area (Å²) in [7, 11) is 5.70. The lowest BCUT2D eigenvalue weighted by atomic mass is 9.95. The normalized spacial score (nSPS) is 15.8. The van der Waals surface area contributed by atoms with Gasteiger partial charge in [0, 0.05) is 0 Å². The zero-order valence-electron chi connectivity index (χ0n) is 19.3. The van der Waals surface area contributed by atoms with Crippen LogP contribution in [0.2, 0.25) is 0 Å². The second kappa shape index (κ2) is 12.1. The number of hydrogen-bond acceptors (Lipinski definition) is 10. The molecule has 1 fully saturated rings. The Morgan fingerprint density at radius 2 is 1.21 bits per heavy atom. The monoisotopic (exact) mass is 474 g/mol. The van der Waals surface area contributed by atoms with E-state index in [1.807, 2.05) is 6.42 Å². The predicted molar refractivity (Wildman–Crippen MR) is 117 cm³/mol. The van der Waals surface area contributed by atoms with Gasteiger partial charge in [-0.15, -0.1) is 0 Å². The molecule has 10 heteroatoms. The summed E-state index contributed by atoms with van der Waals surface area (Å²) in [5.41, 5.74) is 0.145. The molecular formula is C24H26O10. The molecule has 182 valence electrons. The van der Waals surface area contributed by atoms with Crippen molar-refractivity contribution in [3.8, 4) is 23.0 Å². The lowest BCUT2D eigenvalue weighted by molar-refractivity contribution is -0.317. The second-order valence-corrected chi connectivity index (χ2v) is 7.01. The Bertz CT molecular complexity index is 866. The van der Waals surface area contributed by atoms with Crippen LogP contribution in [0.15, 0.2) is 36.4 Å². The summed E-state index contributed by atoms with van der Waals surface area (Å²) in [6.45, 7) is 0. The van der Waals surface area contributed by atoms with E-state index in [-0.39, 0.29) is 40.2 Å². The van der Waals surface area contributed by atoms with Gasteiger partial charge >= 0.3 is 11.9 Å². The molecule has 0 saturated heterocycles. The van der Waals surface area contributed by atoms with Crippen molar-refractivity contribution in [1.82, 2.24) is 0 Å². The van der Waals surface area contributed by atoms with Crippen molar-refractivity contribution in [1.29, 1.82) is 0 Å². The zero-order chi connectivity index (χ0) is 24.5. The number of carbonyl (C=O) groups is 2. The van der Waals surface area contributed by atoms with Crippen LogP contribution in [-0.4, -0.2) is 46.5 Å². The Labute approximate surface area is 197 Å². The first-order chi connectivity index (χ1) is 16.5. The van der Waals surface area contributed by atoms with Crippen molar-refractivity contribution in [3.63, 3.8) is 0 Å². The molecule has 1 atom stereocenters. The molecule has 0 spiro atoms. The third kappa shape index (κ3) is 5.70. The van der Waals surface area contributed by atoms with Crippen LogP contribution in [-0.2, 0) is 19.6 Å². The van der Waals surface area contributed by atoms with Gasteiger partial charge in [0.15, 0.2) is 6.10 Å². The lowest BCUT2D eigenvalue weighted by Crippen LogP contribution is -2.30. The van der Waals surface area contributed by atoms with Gasteiger partial charge in [0.05, 0.1) is 28.4 Å². The largest absolute Gasteiger partial charge is 0.496 e. The predicted octanol–water partition coefficient (Wildman–Crippen LogP) is 3.89. The topological polar surface area (TPSA) is 108 Å². The fourth-order valence-electron chi connectivity index (χ4n) is 3.38. The summed E-state index contributed by atoms with van der Waals surface area (Å²) in [5, 5.41) is 0. The van der Waals surface area contributed by atoms with E-state index in [0.29, 0.717) is 19.3 Å². The van der Waals surface area contributed by atoms with Crippen molar-refractivity contribution < 1.29 is 48.1 Å². The molecule has 10 nitrogen and oxygen atoms in total. The van der Waals surface area contributed by atoms with Crippen LogP contribution in [0.25, 0.3) is 0 Å². The van der Waals surface area contributed by atoms with Crippen molar-refractivity contribution in [3.05, 3.63) is 60.0 Å². The van der Waals surface area contributed by atoms with Gasteiger partial charge in [-0.25, -0.2) is 9.59 Å². The summed E-state index contributed by atoms with van der Waals surface area (Å²) in [5.74, 6) is -0.558. The summed E-state index contributed by atoms with van der Waals surface area (Å²) >= 11 is 0. The molecule has 2 radical (unpaired) electrons. The molecule has 1 unspecified atom stereocenters. The van der Waals surface area contributed by atoms with Gasteiger partial charge in [-0.3, -0.25) is 9.78 Å².